The van der Waals surface area contributed by atoms with Crippen LogP contribution in [0.5, 0.6) is 0 Å². The van der Waals surface area contributed by atoms with Crippen molar-refractivity contribution in [2.45, 2.75) is 13.5 Å². The molecule has 1 aromatic carbocycles. The largest absolute Gasteiger partial charge is 0.351 e. The van der Waals surface area contributed by atoms with E-state index in [-0.39, 0.29) is 10.9 Å². The fraction of sp³-hybridized carbons (Fsp3) is 0.267. The third-order valence-corrected chi connectivity index (χ3v) is 3.98. The van der Waals surface area contributed by atoms with Gasteiger partial charge in [-0.1, -0.05) is 29.0 Å². The summed E-state index contributed by atoms with van der Waals surface area (Å²) in [6.45, 7) is 3.62. The second-order valence-corrected chi connectivity index (χ2v) is 5.74. The maximum Gasteiger partial charge on any atom is 0.324 e. The Balaban J connectivity index is 1.67. The molecule has 1 aromatic heterocycles. The van der Waals surface area contributed by atoms with E-state index in [2.05, 4.69) is 10.6 Å². The van der Waals surface area contributed by atoms with Crippen molar-refractivity contribution < 1.29 is 9.72 Å². The van der Waals surface area contributed by atoms with E-state index in [1.54, 1.807) is 23.6 Å². The van der Waals surface area contributed by atoms with Gasteiger partial charge in [-0.25, -0.2) is 0 Å². The number of nitro groups is 1. The molecule has 22 heavy (non-hydrogen) atoms. The molecule has 1 heterocycles. The van der Waals surface area contributed by atoms with Crippen LogP contribution in [0.1, 0.15) is 21.5 Å². The minimum absolute atomic E-state index is 0.104. The molecule has 0 aliphatic rings. The van der Waals surface area contributed by atoms with E-state index in [1.807, 2.05) is 19.1 Å². The molecule has 0 bridgehead atoms. The van der Waals surface area contributed by atoms with Gasteiger partial charge in [0.2, 0.25) is 0 Å². The van der Waals surface area contributed by atoms with Crippen LogP contribution in [-0.4, -0.2) is 23.9 Å². The van der Waals surface area contributed by atoms with Gasteiger partial charge in [-0.3, -0.25) is 14.9 Å². The number of rotatable bonds is 7. The standard InChI is InChI=1S/C15H17N3O3S/c1-11-2-4-13(5-3-11)15(19)17-7-6-16-9-12-8-14(18(20)21)22-10-12/h2-5,8,10,16H,6-7,9H2,1H3,(H,17,19). The van der Waals surface area contributed by atoms with Gasteiger partial charge >= 0.3 is 5.00 Å². The van der Waals surface area contributed by atoms with Crippen molar-refractivity contribution in [2.24, 2.45) is 0 Å². The fourth-order valence-electron chi connectivity index (χ4n) is 1.86. The molecule has 2 N–H and O–H groups in total. The first-order chi connectivity index (χ1) is 10.6. The number of thiophene rings is 1. The lowest BCUT2D eigenvalue weighted by atomic mass is 10.1. The average molecular weight is 319 g/mol. The third-order valence-electron chi connectivity index (χ3n) is 3.05. The van der Waals surface area contributed by atoms with Crippen LogP contribution < -0.4 is 10.6 Å². The van der Waals surface area contributed by atoms with Gasteiger partial charge in [0.05, 0.1) is 4.92 Å². The molecule has 0 spiro atoms. The normalized spacial score (nSPS) is 10.4. The lowest BCUT2D eigenvalue weighted by molar-refractivity contribution is -0.380. The molecule has 116 valence electrons. The molecule has 6 nitrogen and oxygen atoms in total. The SMILES string of the molecule is Cc1ccc(C(=O)NCCNCc2csc([N+](=O)[O-])c2)cc1. The van der Waals surface area contributed by atoms with Crippen LogP contribution in [0.2, 0.25) is 0 Å². The molecule has 0 aliphatic heterocycles. The van der Waals surface area contributed by atoms with E-state index < -0.39 is 4.92 Å². The van der Waals surface area contributed by atoms with E-state index in [0.29, 0.717) is 25.2 Å². The predicted octanol–water partition coefficient (Wildman–Crippen LogP) is 2.48. The molecule has 2 aromatic rings. The number of amides is 1. The van der Waals surface area contributed by atoms with Crippen LogP contribution >= 0.6 is 11.3 Å². The first-order valence-electron chi connectivity index (χ1n) is 6.83. The molecule has 0 saturated heterocycles. The maximum absolute atomic E-state index is 11.9. The second-order valence-electron chi connectivity index (χ2n) is 4.85. The number of carbonyl (C=O) groups excluding carboxylic acids is 1. The Labute approximate surface area is 132 Å². The van der Waals surface area contributed by atoms with Crippen LogP contribution in [0, 0.1) is 17.0 Å². The van der Waals surface area contributed by atoms with Crippen molar-refractivity contribution in [3.05, 3.63) is 62.5 Å². The average Bonchev–Trinajstić information content (AvgIpc) is 2.96. The number of hydrogen-bond donors (Lipinski definition) is 2. The van der Waals surface area contributed by atoms with Crippen LogP contribution in [0.3, 0.4) is 0 Å². The minimum Gasteiger partial charge on any atom is -0.351 e. The molecule has 2 rings (SSSR count). The molecule has 0 saturated carbocycles. The van der Waals surface area contributed by atoms with Gasteiger partial charge in [0.15, 0.2) is 0 Å². The highest BCUT2D eigenvalue weighted by Gasteiger charge is 2.09. The molecule has 0 fully saturated rings. The maximum atomic E-state index is 11.9. The zero-order chi connectivity index (χ0) is 15.9. The summed E-state index contributed by atoms with van der Waals surface area (Å²) >= 11 is 1.12. The van der Waals surface area contributed by atoms with Gasteiger partial charge in [-0.15, -0.1) is 0 Å². The molecule has 1 amide bonds. The van der Waals surface area contributed by atoms with E-state index >= 15 is 0 Å². The number of benzene rings is 1. The van der Waals surface area contributed by atoms with Crippen molar-refractivity contribution >= 4 is 22.2 Å². The van der Waals surface area contributed by atoms with Crippen molar-refractivity contribution in [3.63, 3.8) is 0 Å². The molecular weight excluding hydrogens is 302 g/mol. The summed E-state index contributed by atoms with van der Waals surface area (Å²) in [4.78, 5) is 22.0. The Morgan fingerprint density at radius 2 is 2.00 bits per heavy atom. The Hall–Kier alpha value is -2.25. The quantitative estimate of drug-likeness (QED) is 0.466. The Morgan fingerprint density at radius 1 is 1.27 bits per heavy atom. The second kappa shape index (κ2) is 7.67. The van der Waals surface area contributed by atoms with Gasteiger partial charge in [0, 0.05) is 36.6 Å². The molecule has 0 unspecified atom stereocenters. The highest BCUT2D eigenvalue weighted by atomic mass is 32.1. The lowest BCUT2D eigenvalue weighted by Gasteiger charge is -2.06. The molecule has 0 aliphatic carbocycles. The molecular formula is C15H17N3O3S. The summed E-state index contributed by atoms with van der Waals surface area (Å²) < 4.78 is 0. The third kappa shape index (κ3) is 4.64. The van der Waals surface area contributed by atoms with E-state index in [0.717, 1.165) is 22.5 Å². The summed E-state index contributed by atoms with van der Waals surface area (Å²) in [5.74, 6) is -0.104. The summed E-state index contributed by atoms with van der Waals surface area (Å²) in [6.07, 6.45) is 0. The van der Waals surface area contributed by atoms with Crippen LogP contribution in [0.4, 0.5) is 5.00 Å². The molecule has 7 heteroatoms. The van der Waals surface area contributed by atoms with Crippen LogP contribution in [-0.2, 0) is 6.54 Å². The fourth-order valence-corrected chi connectivity index (χ4v) is 2.58. The summed E-state index contributed by atoms with van der Waals surface area (Å²) in [5, 5.41) is 18.4. The summed E-state index contributed by atoms with van der Waals surface area (Å²) in [6, 6.07) is 8.95. The topological polar surface area (TPSA) is 84.3 Å². The highest BCUT2D eigenvalue weighted by molar-refractivity contribution is 7.13. The first-order valence-corrected chi connectivity index (χ1v) is 7.71. The number of nitrogens with one attached hydrogen (secondary N) is 2. The number of aryl methyl sites for hydroxylation is 1. The summed E-state index contributed by atoms with van der Waals surface area (Å²) in [5.41, 5.74) is 2.63. The van der Waals surface area contributed by atoms with Crippen LogP contribution in [0.25, 0.3) is 0 Å². The van der Waals surface area contributed by atoms with Crippen molar-refractivity contribution in [2.75, 3.05) is 13.1 Å². The van der Waals surface area contributed by atoms with Crippen molar-refractivity contribution in [1.82, 2.24) is 10.6 Å². The Bertz CT molecular complexity index is 652. The first kappa shape index (κ1) is 16.1. The minimum atomic E-state index is -0.393. The van der Waals surface area contributed by atoms with Gasteiger partial charge in [-0.2, -0.15) is 0 Å². The van der Waals surface area contributed by atoms with Gasteiger partial charge in [0.1, 0.15) is 0 Å². The summed E-state index contributed by atoms with van der Waals surface area (Å²) in [7, 11) is 0. The molecule has 0 radical (unpaired) electrons. The smallest absolute Gasteiger partial charge is 0.324 e. The van der Waals surface area contributed by atoms with Gasteiger partial charge in [-0.05, 0) is 24.6 Å². The zero-order valence-electron chi connectivity index (χ0n) is 12.2. The van der Waals surface area contributed by atoms with Crippen molar-refractivity contribution in [1.29, 1.82) is 0 Å². The number of carbonyl (C=O) groups is 1. The lowest BCUT2D eigenvalue weighted by Crippen LogP contribution is -2.31. The monoisotopic (exact) mass is 319 g/mol. The van der Waals surface area contributed by atoms with Crippen molar-refractivity contribution in [3.8, 4) is 0 Å². The molecule has 0 atom stereocenters. The van der Waals surface area contributed by atoms with E-state index in [4.69, 9.17) is 0 Å². The van der Waals surface area contributed by atoms with Crippen LogP contribution in [0.15, 0.2) is 35.7 Å². The Kier molecular flexibility index (Phi) is 5.62. The van der Waals surface area contributed by atoms with E-state index in [9.17, 15) is 14.9 Å². The number of hydrogen-bond acceptors (Lipinski definition) is 5. The van der Waals surface area contributed by atoms with E-state index in [1.165, 1.54) is 0 Å². The van der Waals surface area contributed by atoms with Gasteiger partial charge < -0.3 is 10.6 Å². The number of nitrogens with zero attached hydrogens (tertiary/aromatic N) is 1. The highest BCUT2D eigenvalue weighted by Crippen LogP contribution is 2.22. The van der Waals surface area contributed by atoms with Gasteiger partial charge in [0.25, 0.3) is 5.91 Å². The zero-order valence-corrected chi connectivity index (χ0v) is 13.0. The Morgan fingerprint density at radius 3 is 2.64 bits per heavy atom. The predicted molar refractivity (Wildman–Crippen MR) is 86.2 cm³/mol.